The lowest BCUT2D eigenvalue weighted by molar-refractivity contribution is 0.0248. The van der Waals surface area contributed by atoms with Gasteiger partial charge >= 0.3 is 0 Å². The van der Waals surface area contributed by atoms with Crippen LogP contribution < -0.4 is 5.32 Å². The van der Waals surface area contributed by atoms with E-state index >= 15 is 0 Å². The molecule has 0 bridgehead atoms. The summed E-state index contributed by atoms with van der Waals surface area (Å²) in [6, 6.07) is 3.02. The third-order valence-corrected chi connectivity index (χ3v) is 5.56. The van der Waals surface area contributed by atoms with Crippen LogP contribution in [0.1, 0.15) is 66.2 Å². The van der Waals surface area contributed by atoms with Crippen molar-refractivity contribution in [2.75, 3.05) is 7.05 Å². The van der Waals surface area contributed by atoms with Gasteiger partial charge < -0.3 is 5.32 Å². The van der Waals surface area contributed by atoms with Gasteiger partial charge in [0, 0.05) is 24.2 Å². The van der Waals surface area contributed by atoms with Crippen molar-refractivity contribution in [2.45, 2.75) is 90.4 Å². The molecule has 0 aromatic heterocycles. The van der Waals surface area contributed by atoms with Crippen molar-refractivity contribution in [3.63, 3.8) is 0 Å². The van der Waals surface area contributed by atoms with Gasteiger partial charge in [0.2, 0.25) is 0 Å². The zero-order valence-corrected chi connectivity index (χ0v) is 13.0. The van der Waals surface area contributed by atoms with Gasteiger partial charge in [0.1, 0.15) is 0 Å². The highest BCUT2D eigenvalue weighted by molar-refractivity contribution is 5.01. The van der Waals surface area contributed by atoms with Crippen LogP contribution in [0.3, 0.4) is 0 Å². The Kier molecular flexibility index (Phi) is 4.38. The molecule has 4 atom stereocenters. The van der Waals surface area contributed by atoms with Crippen LogP contribution in [-0.4, -0.2) is 36.1 Å². The standard InChI is InChI=1S/C16H32N2/c1-6-13-10-9-12(2)18(13)14-8-7-11-16(3,4)15(14)17-5/h12-15,17H,6-11H2,1-5H3. The van der Waals surface area contributed by atoms with E-state index in [4.69, 9.17) is 0 Å². The maximum Gasteiger partial charge on any atom is 0.0271 e. The predicted molar refractivity (Wildman–Crippen MR) is 78.9 cm³/mol. The first kappa shape index (κ1) is 14.3. The molecule has 1 aliphatic heterocycles. The van der Waals surface area contributed by atoms with Gasteiger partial charge in [0.25, 0.3) is 0 Å². The zero-order valence-electron chi connectivity index (χ0n) is 13.0. The monoisotopic (exact) mass is 252 g/mol. The minimum atomic E-state index is 0.443. The first-order valence-corrected chi connectivity index (χ1v) is 7.96. The van der Waals surface area contributed by atoms with E-state index < -0.39 is 0 Å². The molecule has 1 aliphatic carbocycles. The Morgan fingerprint density at radius 1 is 1.22 bits per heavy atom. The second-order valence-electron chi connectivity index (χ2n) is 7.15. The number of likely N-dealkylation sites (tertiary alicyclic amines) is 1. The minimum Gasteiger partial charge on any atom is -0.315 e. The van der Waals surface area contributed by atoms with Gasteiger partial charge in [-0.25, -0.2) is 0 Å². The first-order chi connectivity index (χ1) is 8.51. The molecule has 1 N–H and O–H groups in total. The zero-order chi connectivity index (χ0) is 13.3. The molecule has 0 spiro atoms. The Bertz CT molecular complexity index is 274. The SMILES string of the molecule is CCC1CCC(C)N1C1CCCC(C)(C)C1NC. The Balaban J connectivity index is 2.19. The normalized spacial score (nSPS) is 41.2. The fourth-order valence-electron chi connectivity index (χ4n) is 4.62. The third kappa shape index (κ3) is 2.46. The summed E-state index contributed by atoms with van der Waals surface area (Å²) in [4.78, 5) is 2.86. The van der Waals surface area contributed by atoms with Crippen LogP contribution in [0.4, 0.5) is 0 Å². The molecule has 2 heteroatoms. The summed E-state index contributed by atoms with van der Waals surface area (Å²) in [5, 5.41) is 3.64. The number of rotatable bonds is 3. The highest BCUT2D eigenvalue weighted by Crippen LogP contribution is 2.41. The van der Waals surface area contributed by atoms with E-state index in [1.165, 1.54) is 38.5 Å². The van der Waals surface area contributed by atoms with Gasteiger partial charge in [-0.05, 0) is 51.5 Å². The summed E-state index contributed by atoms with van der Waals surface area (Å²) in [7, 11) is 2.16. The molecule has 0 amide bonds. The minimum absolute atomic E-state index is 0.443. The number of hydrogen-bond acceptors (Lipinski definition) is 2. The average molecular weight is 252 g/mol. The first-order valence-electron chi connectivity index (χ1n) is 7.96. The predicted octanol–water partition coefficient (Wildman–Crippen LogP) is 3.42. The van der Waals surface area contributed by atoms with Crippen LogP contribution >= 0.6 is 0 Å². The lowest BCUT2D eigenvalue weighted by Gasteiger charge is -2.50. The molecule has 1 heterocycles. The highest BCUT2D eigenvalue weighted by atomic mass is 15.3. The maximum absolute atomic E-state index is 3.64. The maximum atomic E-state index is 3.64. The Morgan fingerprint density at radius 2 is 1.94 bits per heavy atom. The molecule has 0 aromatic carbocycles. The van der Waals surface area contributed by atoms with Crippen LogP contribution in [0.2, 0.25) is 0 Å². The van der Waals surface area contributed by atoms with Gasteiger partial charge in [-0.3, -0.25) is 4.90 Å². The fraction of sp³-hybridized carbons (Fsp3) is 1.00. The molecule has 2 rings (SSSR count). The average Bonchev–Trinajstić information content (AvgIpc) is 2.68. The second kappa shape index (κ2) is 5.50. The molecular weight excluding hydrogens is 220 g/mol. The van der Waals surface area contributed by atoms with E-state index in [1.807, 2.05) is 0 Å². The van der Waals surface area contributed by atoms with Crippen molar-refractivity contribution in [3.8, 4) is 0 Å². The van der Waals surface area contributed by atoms with Crippen molar-refractivity contribution in [3.05, 3.63) is 0 Å². The van der Waals surface area contributed by atoms with E-state index in [0.29, 0.717) is 11.5 Å². The lowest BCUT2D eigenvalue weighted by atomic mass is 9.70. The Morgan fingerprint density at radius 3 is 2.56 bits per heavy atom. The van der Waals surface area contributed by atoms with Gasteiger partial charge in [-0.1, -0.05) is 27.2 Å². The van der Waals surface area contributed by atoms with Crippen LogP contribution in [-0.2, 0) is 0 Å². The number of nitrogens with zero attached hydrogens (tertiary/aromatic N) is 1. The van der Waals surface area contributed by atoms with E-state index in [0.717, 1.165) is 18.1 Å². The van der Waals surface area contributed by atoms with Crippen molar-refractivity contribution in [1.29, 1.82) is 0 Å². The van der Waals surface area contributed by atoms with Gasteiger partial charge in [-0.2, -0.15) is 0 Å². The molecular formula is C16H32N2. The third-order valence-electron chi connectivity index (χ3n) is 5.56. The van der Waals surface area contributed by atoms with Crippen LogP contribution in [0.25, 0.3) is 0 Å². The van der Waals surface area contributed by atoms with Crippen LogP contribution in [0.15, 0.2) is 0 Å². The van der Waals surface area contributed by atoms with Crippen molar-refractivity contribution in [1.82, 2.24) is 10.2 Å². The van der Waals surface area contributed by atoms with Gasteiger partial charge in [-0.15, -0.1) is 0 Å². The van der Waals surface area contributed by atoms with Crippen LogP contribution in [0, 0.1) is 5.41 Å². The number of likely N-dealkylation sites (N-methyl/N-ethyl adjacent to an activating group) is 1. The van der Waals surface area contributed by atoms with Crippen molar-refractivity contribution < 1.29 is 0 Å². The quantitative estimate of drug-likeness (QED) is 0.828. The molecule has 2 aliphatic rings. The molecule has 1 saturated carbocycles. The molecule has 18 heavy (non-hydrogen) atoms. The van der Waals surface area contributed by atoms with E-state index in [1.54, 1.807) is 0 Å². The number of hydrogen-bond donors (Lipinski definition) is 1. The summed E-state index contributed by atoms with van der Waals surface area (Å²) in [6.45, 7) is 9.69. The smallest absolute Gasteiger partial charge is 0.0271 e. The fourth-order valence-corrected chi connectivity index (χ4v) is 4.62. The second-order valence-corrected chi connectivity index (χ2v) is 7.15. The van der Waals surface area contributed by atoms with Gasteiger partial charge in [0.05, 0.1) is 0 Å². The van der Waals surface area contributed by atoms with Crippen molar-refractivity contribution in [2.24, 2.45) is 5.41 Å². The van der Waals surface area contributed by atoms with E-state index in [-0.39, 0.29) is 0 Å². The lowest BCUT2D eigenvalue weighted by Crippen LogP contribution is -2.60. The summed E-state index contributed by atoms with van der Waals surface area (Å²) < 4.78 is 0. The van der Waals surface area contributed by atoms with Gasteiger partial charge in [0.15, 0.2) is 0 Å². The largest absolute Gasteiger partial charge is 0.315 e. The molecule has 2 nitrogen and oxygen atoms in total. The molecule has 0 radical (unpaired) electrons. The molecule has 4 unspecified atom stereocenters. The topological polar surface area (TPSA) is 15.3 Å². The number of nitrogens with one attached hydrogen (secondary N) is 1. The Labute approximate surface area is 114 Å². The van der Waals surface area contributed by atoms with Crippen molar-refractivity contribution >= 4 is 0 Å². The summed E-state index contributed by atoms with van der Waals surface area (Å²) in [5.74, 6) is 0. The highest BCUT2D eigenvalue weighted by Gasteiger charge is 2.45. The summed E-state index contributed by atoms with van der Waals surface area (Å²) in [5.41, 5.74) is 0.443. The van der Waals surface area contributed by atoms with E-state index in [9.17, 15) is 0 Å². The molecule has 0 aromatic rings. The summed E-state index contributed by atoms with van der Waals surface area (Å²) >= 11 is 0. The van der Waals surface area contributed by atoms with Crippen LogP contribution in [0.5, 0.6) is 0 Å². The Hall–Kier alpha value is -0.0800. The van der Waals surface area contributed by atoms with E-state index in [2.05, 4.69) is 45.0 Å². The summed E-state index contributed by atoms with van der Waals surface area (Å²) in [6.07, 6.45) is 8.27. The molecule has 2 fully saturated rings. The molecule has 106 valence electrons. The molecule has 1 saturated heterocycles.